The summed E-state index contributed by atoms with van der Waals surface area (Å²) in [5, 5.41) is 2.96. The van der Waals surface area contributed by atoms with Crippen molar-refractivity contribution in [3.63, 3.8) is 0 Å². The Kier molecular flexibility index (Phi) is 5.58. The minimum Gasteiger partial charge on any atom is -0.310 e. The van der Waals surface area contributed by atoms with Crippen LogP contribution in [0.5, 0.6) is 0 Å². The monoisotopic (exact) mass is 497 g/mol. The number of nitrogens with zero attached hydrogens (tertiary/aromatic N) is 4. The number of aliphatic imine (C=N–C) groups is 1. The van der Waals surface area contributed by atoms with Gasteiger partial charge in [0, 0.05) is 42.0 Å². The van der Waals surface area contributed by atoms with Crippen molar-refractivity contribution in [1.29, 1.82) is 0 Å². The molecule has 7 heteroatoms. The summed E-state index contributed by atoms with van der Waals surface area (Å²) in [6, 6.07) is 6.03. The highest BCUT2D eigenvalue weighted by atomic mass is 16.2. The molecular formula is C30H35N5O2. The summed E-state index contributed by atoms with van der Waals surface area (Å²) >= 11 is 0. The second kappa shape index (κ2) is 8.61. The first-order valence-electron chi connectivity index (χ1n) is 13.6. The molecule has 2 aromatic heterocycles. The molecule has 0 radical (unpaired) electrons. The summed E-state index contributed by atoms with van der Waals surface area (Å²) < 4.78 is 0. The van der Waals surface area contributed by atoms with Gasteiger partial charge in [-0.15, -0.1) is 0 Å². The molecule has 1 N–H and O–H groups in total. The fourth-order valence-electron chi connectivity index (χ4n) is 6.57. The highest BCUT2D eigenvalue weighted by Gasteiger charge is 2.52. The van der Waals surface area contributed by atoms with E-state index in [2.05, 4.69) is 49.3 Å². The summed E-state index contributed by atoms with van der Waals surface area (Å²) in [5.41, 5.74) is 3.44. The number of aromatic nitrogens is 2. The maximum atomic E-state index is 13.5. The number of hydrogen-bond donors (Lipinski definition) is 1. The van der Waals surface area contributed by atoms with Crippen molar-refractivity contribution in [2.45, 2.75) is 83.2 Å². The summed E-state index contributed by atoms with van der Waals surface area (Å²) in [4.78, 5) is 42.7. The lowest BCUT2D eigenvalue weighted by atomic mass is 9.80. The molecule has 0 aromatic carbocycles. The number of carbonyl (C=O) groups is 2. The highest BCUT2D eigenvalue weighted by molar-refractivity contribution is 6.42. The molecule has 4 aliphatic rings. The molecule has 6 rings (SSSR count). The molecule has 2 aliphatic heterocycles. The van der Waals surface area contributed by atoms with E-state index in [1.54, 1.807) is 6.20 Å². The molecule has 2 aliphatic carbocycles. The van der Waals surface area contributed by atoms with Gasteiger partial charge in [-0.2, -0.15) is 0 Å². The van der Waals surface area contributed by atoms with Crippen LogP contribution in [0.4, 0.5) is 5.82 Å². The number of nitrogens with one attached hydrogen (secondary N) is 1. The van der Waals surface area contributed by atoms with E-state index in [0.717, 1.165) is 48.1 Å². The summed E-state index contributed by atoms with van der Waals surface area (Å²) in [5.74, 6) is 0.750. The lowest BCUT2D eigenvalue weighted by Gasteiger charge is -2.35. The van der Waals surface area contributed by atoms with Crippen LogP contribution in [0.1, 0.15) is 81.7 Å². The van der Waals surface area contributed by atoms with Crippen molar-refractivity contribution >= 4 is 29.4 Å². The summed E-state index contributed by atoms with van der Waals surface area (Å²) in [6.45, 7) is 6.77. The van der Waals surface area contributed by atoms with Crippen LogP contribution in [-0.2, 0) is 27.8 Å². The first-order valence-corrected chi connectivity index (χ1v) is 13.6. The van der Waals surface area contributed by atoms with Crippen LogP contribution in [0.3, 0.4) is 0 Å². The molecule has 192 valence electrons. The molecular weight excluding hydrogens is 462 g/mol. The third kappa shape index (κ3) is 3.90. The average Bonchev–Trinajstić information content (AvgIpc) is 3.38. The lowest BCUT2D eigenvalue weighted by molar-refractivity contribution is -0.127. The Hall–Kier alpha value is -3.35. The molecule has 0 saturated heterocycles. The maximum Gasteiger partial charge on any atom is 0.270 e. The molecule has 1 fully saturated rings. The number of fused-ring (bicyclic) bond motifs is 3. The standard InChI is InChI=1S/C30H35N5O2/c1-28(2,3)24-26(36)35(30(34-24)12-6-4-5-7-13-30)15-9-10-20-16-21-17-29(18-23(21)32-19-20)22-11-8-14-31-25(22)33-27(29)37/h8-11,14,16,19H,4-7,12-13,15,17-18H2,1-3H3,(H,31,33,37). The van der Waals surface area contributed by atoms with Crippen molar-refractivity contribution in [2.24, 2.45) is 10.4 Å². The van der Waals surface area contributed by atoms with Gasteiger partial charge in [0.2, 0.25) is 5.91 Å². The van der Waals surface area contributed by atoms with E-state index in [-0.39, 0.29) is 17.2 Å². The zero-order valence-corrected chi connectivity index (χ0v) is 22.0. The second-order valence-electron chi connectivity index (χ2n) is 12.1. The molecule has 1 unspecified atom stereocenters. The number of hydrogen-bond acceptors (Lipinski definition) is 5. The molecule has 2 amide bonds. The Balaban J connectivity index is 1.22. The number of amides is 2. The number of anilines is 1. The Morgan fingerprint density at radius 3 is 2.62 bits per heavy atom. The van der Waals surface area contributed by atoms with Gasteiger partial charge in [0.15, 0.2) is 0 Å². The summed E-state index contributed by atoms with van der Waals surface area (Å²) in [7, 11) is 0. The Bertz CT molecular complexity index is 1330. The van der Waals surface area contributed by atoms with Crippen LogP contribution in [0.15, 0.2) is 41.7 Å². The summed E-state index contributed by atoms with van der Waals surface area (Å²) in [6.07, 6.45) is 15.4. The van der Waals surface area contributed by atoms with E-state index >= 15 is 0 Å². The van der Waals surface area contributed by atoms with Crippen LogP contribution in [0.25, 0.3) is 6.08 Å². The second-order valence-corrected chi connectivity index (χ2v) is 12.1. The predicted molar refractivity (Wildman–Crippen MR) is 144 cm³/mol. The van der Waals surface area contributed by atoms with Crippen molar-refractivity contribution in [2.75, 3.05) is 11.9 Å². The van der Waals surface area contributed by atoms with Gasteiger partial charge < -0.3 is 10.2 Å². The molecule has 4 heterocycles. The van der Waals surface area contributed by atoms with E-state index in [4.69, 9.17) is 9.98 Å². The van der Waals surface area contributed by atoms with Gasteiger partial charge in [-0.3, -0.25) is 19.6 Å². The first-order chi connectivity index (χ1) is 17.7. The largest absolute Gasteiger partial charge is 0.310 e. The third-order valence-corrected chi connectivity index (χ3v) is 8.52. The first kappa shape index (κ1) is 24.0. The van der Waals surface area contributed by atoms with Gasteiger partial charge in [-0.1, -0.05) is 51.8 Å². The van der Waals surface area contributed by atoms with Crippen LogP contribution in [0, 0.1) is 5.41 Å². The fraction of sp³-hybridized carbons (Fsp3) is 0.500. The van der Waals surface area contributed by atoms with Crippen molar-refractivity contribution < 1.29 is 9.59 Å². The zero-order valence-electron chi connectivity index (χ0n) is 22.0. The molecule has 2 spiro atoms. The molecule has 2 aromatic rings. The molecule has 37 heavy (non-hydrogen) atoms. The van der Waals surface area contributed by atoms with Gasteiger partial charge in [-0.05, 0) is 55.4 Å². The predicted octanol–water partition coefficient (Wildman–Crippen LogP) is 4.86. The zero-order chi connectivity index (χ0) is 25.8. The molecule has 7 nitrogen and oxygen atoms in total. The van der Waals surface area contributed by atoms with Crippen LogP contribution >= 0.6 is 0 Å². The Morgan fingerprint density at radius 1 is 1.08 bits per heavy atom. The Morgan fingerprint density at radius 2 is 1.86 bits per heavy atom. The quantitative estimate of drug-likeness (QED) is 0.656. The maximum absolute atomic E-state index is 13.5. The van der Waals surface area contributed by atoms with Crippen molar-refractivity contribution in [3.8, 4) is 0 Å². The normalized spacial score (nSPS) is 24.5. The number of rotatable bonds is 3. The SMILES string of the molecule is CC(C)(C)C1=NC2(CCCCCC2)N(CC=Cc2cnc3c(c2)CC2(C3)C(=O)Nc3ncccc32)C1=O. The van der Waals surface area contributed by atoms with Crippen LogP contribution < -0.4 is 5.32 Å². The van der Waals surface area contributed by atoms with Gasteiger partial charge in [-0.25, -0.2) is 4.98 Å². The minimum absolute atomic E-state index is 0.00666. The van der Waals surface area contributed by atoms with E-state index in [9.17, 15) is 9.59 Å². The minimum atomic E-state index is -0.615. The third-order valence-electron chi connectivity index (χ3n) is 8.52. The van der Waals surface area contributed by atoms with Gasteiger partial charge in [0.25, 0.3) is 5.91 Å². The van der Waals surface area contributed by atoms with Gasteiger partial charge in [0.05, 0.1) is 5.41 Å². The Labute approximate surface area is 218 Å². The van der Waals surface area contributed by atoms with E-state index < -0.39 is 11.1 Å². The van der Waals surface area contributed by atoms with E-state index in [1.807, 2.05) is 23.2 Å². The van der Waals surface area contributed by atoms with Crippen molar-refractivity contribution in [1.82, 2.24) is 14.9 Å². The highest BCUT2D eigenvalue weighted by Crippen LogP contribution is 2.46. The fourth-order valence-corrected chi connectivity index (χ4v) is 6.57. The average molecular weight is 498 g/mol. The lowest BCUT2D eigenvalue weighted by Crippen LogP contribution is -2.47. The van der Waals surface area contributed by atoms with Crippen LogP contribution in [0.2, 0.25) is 0 Å². The van der Waals surface area contributed by atoms with E-state index in [0.29, 0.717) is 30.9 Å². The van der Waals surface area contributed by atoms with Gasteiger partial charge >= 0.3 is 0 Å². The topological polar surface area (TPSA) is 87.6 Å². The van der Waals surface area contributed by atoms with Gasteiger partial charge in [0.1, 0.15) is 17.2 Å². The molecule has 1 saturated carbocycles. The number of carbonyl (C=O) groups excluding carboxylic acids is 2. The number of pyridine rings is 2. The smallest absolute Gasteiger partial charge is 0.270 e. The van der Waals surface area contributed by atoms with Crippen LogP contribution in [-0.4, -0.2) is 44.6 Å². The molecule has 0 bridgehead atoms. The van der Waals surface area contributed by atoms with Crippen molar-refractivity contribution in [3.05, 3.63) is 59.1 Å². The van der Waals surface area contributed by atoms with E-state index in [1.165, 1.54) is 12.8 Å². The molecule has 1 atom stereocenters.